The van der Waals surface area contributed by atoms with Crippen LogP contribution in [-0.2, 0) is 0 Å². The molecule has 2 aromatic heterocycles. The van der Waals surface area contributed by atoms with Crippen molar-refractivity contribution in [1.29, 1.82) is 0 Å². The van der Waals surface area contributed by atoms with Crippen molar-refractivity contribution in [2.75, 3.05) is 19.6 Å². The summed E-state index contributed by atoms with van der Waals surface area (Å²) in [4.78, 5) is 19.1. The highest BCUT2D eigenvalue weighted by Gasteiger charge is 2.21. The molecule has 1 saturated heterocycles. The number of H-pyrrole nitrogens is 1. The molecule has 1 amide bonds. The Morgan fingerprint density at radius 2 is 1.92 bits per heavy atom. The lowest BCUT2D eigenvalue weighted by Gasteiger charge is -2.32. The maximum Gasteiger partial charge on any atom is 0.253 e. The standard InChI is InChI=1S/C28H31N5O4/c1-18(34)17-33-14-11-22(12-15-33)37-21-8-5-19(6-9-21)26-23-16-20(7-10-24(23)31-32-26)27(35)30-28(36)25-4-2-3-13-29-25/h2-10,13,16,18,22,28,34,36H,11-12,14-15,17H2,1H3,(H,30,35)(H,31,32). The number of rotatable bonds is 8. The summed E-state index contributed by atoms with van der Waals surface area (Å²) in [7, 11) is 0. The van der Waals surface area contributed by atoms with Gasteiger partial charge in [0.15, 0.2) is 6.23 Å². The zero-order valence-electron chi connectivity index (χ0n) is 20.7. The van der Waals surface area contributed by atoms with Crippen LogP contribution in [0.3, 0.4) is 0 Å². The normalized spacial score (nSPS) is 16.4. The maximum absolute atomic E-state index is 12.8. The smallest absolute Gasteiger partial charge is 0.253 e. The minimum Gasteiger partial charge on any atom is -0.490 e. The molecule has 0 saturated carbocycles. The maximum atomic E-state index is 12.8. The molecule has 0 bridgehead atoms. The predicted octanol–water partition coefficient (Wildman–Crippen LogP) is 3.27. The molecule has 3 heterocycles. The van der Waals surface area contributed by atoms with Crippen molar-refractivity contribution in [3.05, 3.63) is 78.1 Å². The molecule has 0 radical (unpaired) electrons. The number of hydrogen-bond acceptors (Lipinski definition) is 7. The van der Waals surface area contributed by atoms with Gasteiger partial charge in [-0.05, 0) is 74.4 Å². The third-order valence-electron chi connectivity index (χ3n) is 6.55. The van der Waals surface area contributed by atoms with E-state index < -0.39 is 12.1 Å². The van der Waals surface area contributed by atoms with Gasteiger partial charge >= 0.3 is 0 Å². The molecule has 37 heavy (non-hydrogen) atoms. The summed E-state index contributed by atoms with van der Waals surface area (Å²) < 4.78 is 6.19. The Morgan fingerprint density at radius 3 is 2.62 bits per heavy atom. The number of aliphatic hydroxyl groups excluding tert-OH is 2. The van der Waals surface area contributed by atoms with Crippen molar-refractivity contribution in [2.24, 2.45) is 0 Å². The fraction of sp³-hybridized carbons (Fsp3) is 0.321. The number of hydrogen-bond donors (Lipinski definition) is 4. The van der Waals surface area contributed by atoms with Crippen LogP contribution in [0, 0.1) is 0 Å². The summed E-state index contributed by atoms with van der Waals surface area (Å²) in [5.74, 6) is 0.400. The molecule has 2 unspecified atom stereocenters. The Balaban J connectivity index is 1.26. The number of pyridine rings is 1. The van der Waals surface area contributed by atoms with Crippen molar-refractivity contribution < 1.29 is 19.7 Å². The average molecular weight is 502 g/mol. The summed E-state index contributed by atoms with van der Waals surface area (Å²) in [6.07, 6.45) is 2.06. The molecule has 0 aliphatic carbocycles. The van der Waals surface area contributed by atoms with E-state index in [0.717, 1.165) is 53.8 Å². The number of carbonyl (C=O) groups is 1. The van der Waals surface area contributed by atoms with E-state index in [-0.39, 0.29) is 12.2 Å². The van der Waals surface area contributed by atoms with E-state index >= 15 is 0 Å². The summed E-state index contributed by atoms with van der Waals surface area (Å²) in [6, 6.07) is 18.2. The number of ether oxygens (including phenoxy) is 1. The third-order valence-corrected chi connectivity index (χ3v) is 6.55. The van der Waals surface area contributed by atoms with Crippen LogP contribution in [0.1, 0.15) is 42.0 Å². The van der Waals surface area contributed by atoms with E-state index in [9.17, 15) is 15.0 Å². The first-order valence-electron chi connectivity index (χ1n) is 12.5. The van der Waals surface area contributed by atoms with Crippen molar-refractivity contribution in [3.63, 3.8) is 0 Å². The van der Waals surface area contributed by atoms with Gasteiger partial charge < -0.3 is 25.2 Å². The molecule has 2 aromatic carbocycles. The zero-order valence-corrected chi connectivity index (χ0v) is 20.7. The molecule has 1 fully saturated rings. The van der Waals surface area contributed by atoms with E-state index in [2.05, 4.69) is 25.4 Å². The number of fused-ring (bicyclic) bond motifs is 1. The highest BCUT2D eigenvalue weighted by atomic mass is 16.5. The molecular weight excluding hydrogens is 470 g/mol. The van der Waals surface area contributed by atoms with Crippen LogP contribution in [0.5, 0.6) is 5.75 Å². The second-order valence-electron chi connectivity index (χ2n) is 9.45. The Morgan fingerprint density at radius 1 is 1.14 bits per heavy atom. The van der Waals surface area contributed by atoms with Crippen LogP contribution >= 0.6 is 0 Å². The SMILES string of the molecule is CC(O)CN1CCC(Oc2ccc(-c3n[nH]c4ccc(C(=O)NC(O)c5ccccn5)cc34)cc2)CC1. The number of aliphatic hydroxyl groups is 2. The molecule has 192 valence electrons. The average Bonchev–Trinajstić information content (AvgIpc) is 3.34. The number of benzene rings is 2. The molecule has 0 spiro atoms. The number of piperidine rings is 1. The van der Waals surface area contributed by atoms with Crippen LogP contribution < -0.4 is 10.1 Å². The van der Waals surface area contributed by atoms with Crippen LogP contribution in [0.4, 0.5) is 0 Å². The summed E-state index contributed by atoms with van der Waals surface area (Å²) in [5, 5.41) is 30.8. The fourth-order valence-electron chi connectivity index (χ4n) is 4.66. The monoisotopic (exact) mass is 501 g/mol. The van der Waals surface area contributed by atoms with Gasteiger partial charge in [0.1, 0.15) is 11.9 Å². The highest BCUT2D eigenvalue weighted by molar-refractivity contribution is 6.01. The number of likely N-dealkylation sites (tertiary alicyclic amines) is 1. The largest absolute Gasteiger partial charge is 0.490 e. The van der Waals surface area contributed by atoms with Crippen molar-refractivity contribution >= 4 is 16.8 Å². The lowest BCUT2D eigenvalue weighted by Crippen LogP contribution is -2.41. The number of carbonyl (C=O) groups excluding carboxylic acids is 1. The van der Waals surface area contributed by atoms with Gasteiger partial charge in [-0.2, -0.15) is 5.10 Å². The molecule has 9 heteroatoms. The Bertz CT molecular complexity index is 1330. The van der Waals surface area contributed by atoms with Crippen LogP contribution in [0.2, 0.25) is 0 Å². The Labute approximate surface area is 215 Å². The first-order valence-corrected chi connectivity index (χ1v) is 12.5. The quantitative estimate of drug-likeness (QED) is 0.273. The van der Waals surface area contributed by atoms with Crippen LogP contribution in [0.25, 0.3) is 22.2 Å². The van der Waals surface area contributed by atoms with Crippen molar-refractivity contribution in [1.82, 2.24) is 25.4 Å². The van der Waals surface area contributed by atoms with Crippen LogP contribution in [0.15, 0.2) is 66.9 Å². The lowest BCUT2D eigenvalue weighted by atomic mass is 10.0. The molecular formula is C28H31N5O4. The molecule has 1 aliphatic rings. The highest BCUT2D eigenvalue weighted by Crippen LogP contribution is 2.29. The predicted molar refractivity (Wildman–Crippen MR) is 140 cm³/mol. The number of aromatic amines is 1. The van der Waals surface area contributed by atoms with Crippen molar-refractivity contribution in [2.45, 2.75) is 38.2 Å². The fourth-order valence-corrected chi connectivity index (χ4v) is 4.66. The van der Waals surface area contributed by atoms with E-state index in [4.69, 9.17) is 4.74 Å². The zero-order chi connectivity index (χ0) is 25.8. The molecule has 2 atom stereocenters. The first kappa shape index (κ1) is 24.9. The number of β-amino-alcohol motifs (C(OH)–C–C–N with tert-alkyl or cyclic N) is 1. The lowest BCUT2D eigenvalue weighted by molar-refractivity contribution is 0.0673. The van der Waals surface area contributed by atoms with Gasteiger partial charge in [-0.3, -0.25) is 14.9 Å². The van der Waals surface area contributed by atoms with Gasteiger partial charge in [-0.25, -0.2) is 0 Å². The minimum absolute atomic E-state index is 0.157. The summed E-state index contributed by atoms with van der Waals surface area (Å²) in [5.41, 5.74) is 3.21. The topological polar surface area (TPSA) is 124 Å². The number of nitrogens with one attached hydrogen (secondary N) is 2. The molecule has 4 aromatic rings. The van der Waals surface area contributed by atoms with Gasteiger partial charge in [-0.1, -0.05) is 6.07 Å². The first-order chi connectivity index (χ1) is 18.0. The number of amides is 1. The van der Waals surface area contributed by atoms with E-state index in [1.165, 1.54) is 0 Å². The van der Waals surface area contributed by atoms with E-state index in [1.807, 2.05) is 31.2 Å². The van der Waals surface area contributed by atoms with Crippen molar-refractivity contribution in [3.8, 4) is 17.0 Å². The molecule has 5 rings (SSSR count). The summed E-state index contributed by atoms with van der Waals surface area (Å²) >= 11 is 0. The second kappa shape index (κ2) is 11.1. The summed E-state index contributed by atoms with van der Waals surface area (Å²) in [6.45, 7) is 4.35. The van der Waals surface area contributed by atoms with Gasteiger partial charge in [0.05, 0.1) is 23.0 Å². The van der Waals surface area contributed by atoms with Gasteiger partial charge in [0, 0.05) is 42.3 Å². The molecule has 1 aliphatic heterocycles. The number of aromatic nitrogens is 3. The van der Waals surface area contributed by atoms with Crippen LogP contribution in [-0.4, -0.2) is 68.0 Å². The molecule has 9 nitrogen and oxygen atoms in total. The van der Waals surface area contributed by atoms with Gasteiger partial charge in [0.2, 0.25) is 0 Å². The number of nitrogens with zero attached hydrogens (tertiary/aromatic N) is 3. The van der Waals surface area contributed by atoms with E-state index in [1.54, 1.807) is 42.6 Å². The van der Waals surface area contributed by atoms with Gasteiger partial charge in [0.25, 0.3) is 5.91 Å². The second-order valence-corrected chi connectivity index (χ2v) is 9.45. The third kappa shape index (κ3) is 5.96. The Hall–Kier alpha value is -3.79. The Kier molecular flexibility index (Phi) is 7.45. The van der Waals surface area contributed by atoms with E-state index in [0.29, 0.717) is 17.8 Å². The van der Waals surface area contributed by atoms with Gasteiger partial charge in [-0.15, -0.1) is 0 Å². The minimum atomic E-state index is -1.20. The molecule has 4 N–H and O–H groups in total.